The van der Waals surface area contributed by atoms with Crippen LogP contribution in [0.15, 0.2) is 81.7 Å². The van der Waals surface area contributed by atoms with Crippen LogP contribution in [-0.2, 0) is 22.6 Å². The number of halogens is 2. The van der Waals surface area contributed by atoms with Crippen LogP contribution < -0.4 is 10.1 Å². The number of ether oxygens (including phenoxy) is 1. The first kappa shape index (κ1) is 28.9. The molecule has 0 unspecified atom stereocenters. The Labute approximate surface area is 236 Å². The molecule has 0 bridgehead atoms. The molecule has 0 aromatic heterocycles. The summed E-state index contributed by atoms with van der Waals surface area (Å²) in [6.07, 6.45) is 1.22. The summed E-state index contributed by atoms with van der Waals surface area (Å²) in [7, 11) is 0. The molecule has 0 saturated carbocycles. The van der Waals surface area contributed by atoms with E-state index in [4.69, 9.17) is 4.74 Å². The van der Waals surface area contributed by atoms with E-state index in [0.29, 0.717) is 24.6 Å². The van der Waals surface area contributed by atoms with Gasteiger partial charge < -0.3 is 15.0 Å². The fourth-order valence-corrected chi connectivity index (χ4v) is 4.93. The van der Waals surface area contributed by atoms with Crippen LogP contribution in [0.4, 0.5) is 0 Å². The first-order chi connectivity index (χ1) is 17.8. The molecular formula is C30H34Br2N2O3. The van der Waals surface area contributed by atoms with Crippen LogP contribution in [0.25, 0.3) is 0 Å². The van der Waals surface area contributed by atoms with Crippen LogP contribution in [0.2, 0.25) is 0 Å². The fraction of sp³-hybridized carbons (Fsp3) is 0.333. The molecule has 0 aliphatic heterocycles. The second-order valence-electron chi connectivity index (χ2n) is 9.28. The molecule has 0 spiro atoms. The van der Waals surface area contributed by atoms with E-state index in [9.17, 15) is 9.59 Å². The standard InChI is InChI=1S/C30H34Br2N2O3/c1-4-15-33-30(36)27(17-22-9-6-5-7-10-22)34(19-23-11-8-12-25(31)16-23)29(35)20-37-28-14-13-24(21(2)3)18-26(28)32/h5-14,16,18,21,27H,4,15,17,19-20H2,1-3H3,(H,33,36)/t27-/m0/s1. The Hall–Kier alpha value is -2.64. The smallest absolute Gasteiger partial charge is 0.261 e. The fourth-order valence-electron chi connectivity index (χ4n) is 3.97. The molecule has 0 saturated heterocycles. The van der Waals surface area contributed by atoms with Crippen molar-refractivity contribution in [2.75, 3.05) is 13.2 Å². The monoisotopic (exact) mass is 628 g/mol. The third kappa shape index (κ3) is 8.71. The topological polar surface area (TPSA) is 58.6 Å². The van der Waals surface area contributed by atoms with Gasteiger partial charge in [-0.25, -0.2) is 0 Å². The lowest BCUT2D eigenvalue weighted by Crippen LogP contribution is -2.51. The Bertz CT molecular complexity index is 1180. The molecule has 0 aliphatic rings. The number of hydrogen-bond donors (Lipinski definition) is 1. The zero-order valence-electron chi connectivity index (χ0n) is 21.5. The second-order valence-corrected chi connectivity index (χ2v) is 11.1. The van der Waals surface area contributed by atoms with Gasteiger partial charge in [0.25, 0.3) is 5.91 Å². The third-order valence-electron chi connectivity index (χ3n) is 6.04. The molecule has 5 nitrogen and oxygen atoms in total. The Morgan fingerprint density at radius 2 is 1.68 bits per heavy atom. The van der Waals surface area contributed by atoms with Crippen LogP contribution in [-0.4, -0.2) is 35.9 Å². The van der Waals surface area contributed by atoms with E-state index < -0.39 is 6.04 Å². The molecule has 7 heteroatoms. The van der Waals surface area contributed by atoms with Gasteiger partial charge in [-0.2, -0.15) is 0 Å². The minimum Gasteiger partial charge on any atom is -0.483 e. The maximum absolute atomic E-state index is 13.7. The minimum atomic E-state index is -0.684. The number of carbonyl (C=O) groups is 2. The maximum Gasteiger partial charge on any atom is 0.261 e. The van der Waals surface area contributed by atoms with Gasteiger partial charge in [0.05, 0.1) is 4.47 Å². The highest BCUT2D eigenvalue weighted by atomic mass is 79.9. The summed E-state index contributed by atoms with van der Waals surface area (Å²) in [6.45, 7) is 6.91. The molecule has 0 aliphatic carbocycles. The minimum absolute atomic E-state index is 0.170. The highest BCUT2D eigenvalue weighted by Crippen LogP contribution is 2.29. The van der Waals surface area contributed by atoms with Gasteiger partial charge in [0.2, 0.25) is 5.91 Å². The van der Waals surface area contributed by atoms with Crippen LogP contribution >= 0.6 is 31.9 Å². The summed E-state index contributed by atoms with van der Waals surface area (Å²) in [4.78, 5) is 28.7. The summed E-state index contributed by atoms with van der Waals surface area (Å²) in [5.41, 5.74) is 3.09. The summed E-state index contributed by atoms with van der Waals surface area (Å²) in [5, 5.41) is 2.99. The lowest BCUT2D eigenvalue weighted by Gasteiger charge is -2.31. The zero-order valence-corrected chi connectivity index (χ0v) is 24.7. The van der Waals surface area contributed by atoms with E-state index in [1.807, 2.05) is 79.7 Å². The van der Waals surface area contributed by atoms with Gasteiger partial charge in [-0.05, 0) is 69.2 Å². The SMILES string of the molecule is CCCNC(=O)[C@H](Cc1ccccc1)N(Cc1cccc(Br)c1)C(=O)COc1ccc(C(C)C)cc1Br. The molecule has 0 heterocycles. The highest BCUT2D eigenvalue weighted by Gasteiger charge is 2.30. The normalized spacial score (nSPS) is 11.7. The van der Waals surface area contributed by atoms with Crippen molar-refractivity contribution in [2.24, 2.45) is 0 Å². The molecule has 0 radical (unpaired) electrons. The molecule has 37 heavy (non-hydrogen) atoms. The van der Waals surface area contributed by atoms with Crippen LogP contribution in [0.1, 0.15) is 49.8 Å². The molecule has 1 N–H and O–H groups in total. The van der Waals surface area contributed by atoms with Crippen molar-refractivity contribution in [2.45, 2.75) is 52.1 Å². The Morgan fingerprint density at radius 1 is 0.946 bits per heavy atom. The molecule has 0 fully saturated rings. The number of nitrogens with zero attached hydrogens (tertiary/aromatic N) is 1. The third-order valence-corrected chi connectivity index (χ3v) is 7.15. The molecule has 3 rings (SSSR count). The van der Waals surface area contributed by atoms with Gasteiger partial charge in [0, 0.05) is 24.0 Å². The molecular weight excluding hydrogens is 596 g/mol. The van der Waals surface area contributed by atoms with E-state index in [2.05, 4.69) is 51.0 Å². The number of nitrogens with one attached hydrogen (secondary N) is 1. The quantitative estimate of drug-likeness (QED) is 0.238. The number of hydrogen-bond acceptors (Lipinski definition) is 3. The van der Waals surface area contributed by atoms with Crippen molar-refractivity contribution >= 4 is 43.7 Å². The molecule has 196 valence electrons. The number of carbonyl (C=O) groups excluding carboxylic acids is 2. The molecule has 3 aromatic carbocycles. The Balaban J connectivity index is 1.89. The lowest BCUT2D eigenvalue weighted by molar-refractivity contribution is -0.142. The number of amides is 2. The van der Waals surface area contributed by atoms with Crippen LogP contribution in [0, 0.1) is 0 Å². The van der Waals surface area contributed by atoms with Crippen molar-refractivity contribution in [3.05, 3.63) is 98.4 Å². The van der Waals surface area contributed by atoms with E-state index in [1.54, 1.807) is 4.90 Å². The number of benzene rings is 3. The van der Waals surface area contributed by atoms with E-state index in [-0.39, 0.29) is 25.0 Å². The van der Waals surface area contributed by atoms with Crippen molar-refractivity contribution in [1.29, 1.82) is 0 Å². The molecule has 1 atom stereocenters. The average molecular weight is 630 g/mol. The van der Waals surface area contributed by atoms with Gasteiger partial charge in [0.15, 0.2) is 6.61 Å². The van der Waals surface area contributed by atoms with E-state index in [0.717, 1.165) is 26.5 Å². The summed E-state index contributed by atoms with van der Waals surface area (Å²) in [6, 6.07) is 22.8. The van der Waals surface area contributed by atoms with Gasteiger partial charge in [-0.15, -0.1) is 0 Å². The predicted molar refractivity (Wildman–Crippen MR) is 156 cm³/mol. The van der Waals surface area contributed by atoms with Gasteiger partial charge >= 0.3 is 0 Å². The Kier molecular flexibility index (Phi) is 11.2. The molecule has 2 amide bonds. The largest absolute Gasteiger partial charge is 0.483 e. The van der Waals surface area contributed by atoms with Gasteiger partial charge in [-0.1, -0.05) is 85.2 Å². The zero-order chi connectivity index (χ0) is 26.8. The summed E-state index contributed by atoms with van der Waals surface area (Å²) >= 11 is 7.09. The van der Waals surface area contributed by atoms with Crippen molar-refractivity contribution in [3.8, 4) is 5.75 Å². The van der Waals surface area contributed by atoms with Crippen LogP contribution in [0.3, 0.4) is 0 Å². The number of rotatable bonds is 12. The Morgan fingerprint density at radius 3 is 2.32 bits per heavy atom. The first-order valence-corrected chi connectivity index (χ1v) is 14.1. The maximum atomic E-state index is 13.7. The highest BCUT2D eigenvalue weighted by molar-refractivity contribution is 9.10. The average Bonchev–Trinajstić information content (AvgIpc) is 2.89. The van der Waals surface area contributed by atoms with Crippen molar-refractivity contribution in [3.63, 3.8) is 0 Å². The summed E-state index contributed by atoms with van der Waals surface area (Å²) in [5.74, 6) is 0.548. The van der Waals surface area contributed by atoms with E-state index >= 15 is 0 Å². The lowest BCUT2D eigenvalue weighted by atomic mass is 10.0. The van der Waals surface area contributed by atoms with Crippen molar-refractivity contribution in [1.82, 2.24) is 10.2 Å². The van der Waals surface area contributed by atoms with E-state index in [1.165, 1.54) is 5.56 Å². The van der Waals surface area contributed by atoms with Crippen molar-refractivity contribution < 1.29 is 14.3 Å². The summed E-state index contributed by atoms with van der Waals surface area (Å²) < 4.78 is 7.67. The second kappa shape index (κ2) is 14.3. The van der Waals surface area contributed by atoms with Gasteiger partial charge in [0.1, 0.15) is 11.8 Å². The predicted octanol–water partition coefficient (Wildman–Crippen LogP) is 6.88. The van der Waals surface area contributed by atoms with Crippen LogP contribution in [0.5, 0.6) is 5.75 Å². The molecule has 3 aromatic rings. The first-order valence-electron chi connectivity index (χ1n) is 12.6. The van der Waals surface area contributed by atoms with Gasteiger partial charge in [-0.3, -0.25) is 9.59 Å².